The Kier molecular flexibility index (Phi) is 7.51. The summed E-state index contributed by atoms with van der Waals surface area (Å²) >= 11 is 0. The smallest absolute Gasteiger partial charge is 0.257 e. The van der Waals surface area contributed by atoms with Gasteiger partial charge in [0.2, 0.25) is 15.9 Å². The van der Waals surface area contributed by atoms with Crippen LogP contribution in [0.15, 0.2) is 53.4 Å². The molecule has 0 aromatic heterocycles. The Morgan fingerprint density at radius 2 is 1.63 bits per heavy atom. The van der Waals surface area contributed by atoms with Crippen LogP contribution >= 0.6 is 0 Å². The van der Waals surface area contributed by atoms with Crippen molar-refractivity contribution in [3.63, 3.8) is 0 Å². The molecule has 2 aromatic carbocycles. The van der Waals surface area contributed by atoms with Crippen LogP contribution in [0.2, 0.25) is 0 Å². The van der Waals surface area contributed by atoms with Crippen LogP contribution in [0.1, 0.15) is 42.1 Å². The number of carbonyl (C=O) groups is 3. The lowest BCUT2D eigenvalue weighted by Crippen LogP contribution is -2.50. The third-order valence-electron chi connectivity index (χ3n) is 6.59. The molecular weight excluding hydrogens is 468 g/mol. The van der Waals surface area contributed by atoms with Crippen molar-refractivity contribution in [2.24, 2.45) is 5.92 Å². The highest BCUT2D eigenvalue weighted by atomic mass is 32.2. The Labute approximate surface area is 205 Å². The number of aryl methyl sites for hydroxylation is 1. The maximum Gasteiger partial charge on any atom is 0.257 e. The second-order valence-corrected chi connectivity index (χ2v) is 10.9. The summed E-state index contributed by atoms with van der Waals surface area (Å²) in [5, 5.41) is 0. The van der Waals surface area contributed by atoms with E-state index in [1.165, 1.54) is 41.1 Å². The van der Waals surface area contributed by atoms with Crippen molar-refractivity contribution in [2.45, 2.75) is 37.5 Å². The number of piperidine rings is 1. The Balaban J connectivity index is 1.25. The molecule has 0 unspecified atom stereocenters. The first-order valence-corrected chi connectivity index (χ1v) is 13.2. The average molecular weight is 499 g/mol. The standard InChI is InChI=1S/C25H30N4O5S/c1-18(30)19-8-10-22(11-9-19)35(33,34)29-15-12-21(13-16-29)25(32)27-26-24(31)17-28-14-4-6-20-5-2-3-7-23(20)28/h2-3,5,7-11,21H,4,6,12-17H2,1H3,(H,26,31)(H,27,32). The first-order chi connectivity index (χ1) is 16.8. The number of benzene rings is 2. The quantitative estimate of drug-likeness (QED) is 0.464. The molecule has 0 atom stereocenters. The fourth-order valence-corrected chi connectivity index (χ4v) is 6.06. The minimum atomic E-state index is -3.71. The topological polar surface area (TPSA) is 116 Å². The summed E-state index contributed by atoms with van der Waals surface area (Å²) in [5.41, 5.74) is 7.71. The molecule has 2 N–H and O–H groups in total. The number of carbonyl (C=O) groups excluding carboxylic acids is 3. The summed E-state index contributed by atoms with van der Waals surface area (Å²) in [4.78, 5) is 38.6. The average Bonchev–Trinajstić information content (AvgIpc) is 2.87. The van der Waals surface area contributed by atoms with Crippen LogP contribution in [-0.4, -0.2) is 56.5 Å². The summed E-state index contributed by atoms with van der Waals surface area (Å²) in [6.45, 7) is 2.76. The van der Waals surface area contributed by atoms with Crippen LogP contribution in [0, 0.1) is 5.92 Å². The van der Waals surface area contributed by atoms with Gasteiger partial charge in [-0.2, -0.15) is 4.31 Å². The van der Waals surface area contributed by atoms with Crippen molar-refractivity contribution in [3.8, 4) is 0 Å². The third-order valence-corrected chi connectivity index (χ3v) is 8.50. The molecule has 2 aliphatic heterocycles. The van der Waals surface area contributed by atoms with E-state index in [0.29, 0.717) is 18.4 Å². The molecule has 4 rings (SSSR count). The SMILES string of the molecule is CC(=O)c1ccc(S(=O)(=O)N2CCC(C(=O)NNC(=O)CN3CCCc4ccccc43)CC2)cc1. The van der Waals surface area contributed by atoms with Gasteiger partial charge in [-0.15, -0.1) is 0 Å². The molecule has 0 aliphatic carbocycles. The first kappa shape index (κ1) is 24.9. The van der Waals surface area contributed by atoms with E-state index in [4.69, 9.17) is 0 Å². The van der Waals surface area contributed by atoms with Gasteiger partial charge in [0, 0.05) is 36.8 Å². The van der Waals surface area contributed by atoms with Gasteiger partial charge in [-0.1, -0.05) is 30.3 Å². The van der Waals surface area contributed by atoms with E-state index in [1.54, 1.807) is 0 Å². The van der Waals surface area contributed by atoms with Gasteiger partial charge in [0.15, 0.2) is 5.78 Å². The van der Waals surface area contributed by atoms with E-state index in [0.717, 1.165) is 25.1 Å². The zero-order valence-electron chi connectivity index (χ0n) is 19.7. The maximum atomic E-state index is 12.9. The molecule has 0 spiro atoms. The minimum Gasteiger partial charge on any atom is -0.362 e. The molecule has 2 aromatic rings. The molecular formula is C25H30N4O5S. The highest BCUT2D eigenvalue weighted by molar-refractivity contribution is 7.89. The maximum absolute atomic E-state index is 12.9. The van der Waals surface area contributed by atoms with Crippen LogP contribution in [0.5, 0.6) is 0 Å². The fraction of sp³-hybridized carbons (Fsp3) is 0.400. The minimum absolute atomic E-state index is 0.122. The Bertz CT molecular complexity index is 1200. The summed E-state index contributed by atoms with van der Waals surface area (Å²) in [5.74, 6) is -1.14. The van der Waals surface area contributed by atoms with E-state index in [1.807, 2.05) is 23.1 Å². The number of rotatable bonds is 6. The summed E-state index contributed by atoms with van der Waals surface area (Å²) < 4.78 is 27.2. The second kappa shape index (κ2) is 10.6. The fourth-order valence-electron chi connectivity index (χ4n) is 4.59. The number of Topliss-reactive ketones (excluding diaryl/α,β-unsaturated/α-hetero) is 1. The van der Waals surface area contributed by atoms with Gasteiger partial charge in [-0.25, -0.2) is 8.42 Å². The number of ketones is 1. The highest BCUT2D eigenvalue weighted by Crippen LogP contribution is 2.26. The van der Waals surface area contributed by atoms with Crippen LogP contribution in [0.3, 0.4) is 0 Å². The monoisotopic (exact) mass is 498 g/mol. The Morgan fingerprint density at radius 1 is 0.943 bits per heavy atom. The number of fused-ring (bicyclic) bond motifs is 1. The van der Waals surface area contributed by atoms with Crippen LogP contribution in [0.4, 0.5) is 5.69 Å². The lowest BCUT2D eigenvalue weighted by molar-refractivity contribution is -0.131. The van der Waals surface area contributed by atoms with Gasteiger partial charge in [-0.3, -0.25) is 25.2 Å². The van der Waals surface area contributed by atoms with Gasteiger partial charge in [0.05, 0.1) is 11.4 Å². The molecule has 1 fully saturated rings. The number of hydrazine groups is 1. The number of hydrogen-bond donors (Lipinski definition) is 2. The second-order valence-electron chi connectivity index (χ2n) is 8.95. The third kappa shape index (κ3) is 5.71. The molecule has 0 saturated carbocycles. The molecule has 2 aliphatic rings. The van der Waals surface area contributed by atoms with Crippen LogP contribution < -0.4 is 15.8 Å². The Morgan fingerprint density at radius 3 is 2.31 bits per heavy atom. The summed E-state index contributed by atoms with van der Waals surface area (Å²) in [6, 6.07) is 13.9. The number of sulfonamides is 1. The molecule has 1 saturated heterocycles. The van der Waals surface area contributed by atoms with E-state index in [2.05, 4.69) is 16.9 Å². The number of hydrogen-bond acceptors (Lipinski definition) is 6. The summed E-state index contributed by atoms with van der Waals surface area (Å²) in [7, 11) is -3.71. The number of amides is 2. The number of nitrogens with zero attached hydrogens (tertiary/aromatic N) is 2. The number of anilines is 1. The highest BCUT2D eigenvalue weighted by Gasteiger charge is 2.32. The van der Waals surface area contributed by atoms with Gasteiger partial charge >= 0.3 is 0 Å². The van der Waals surface area contributed by atoms with Crippen molar-refractivity contribution in [1.29, 1.82) is 0 Å². The Hall–Kier alpha value is -3.24. The predicted octanol–water partition coefficient (Wildman–Crippen LogP) is 1.89. The van der Waals surface area contributed by atoms with E-state index < -0.39 is 15.9 Å². The van der Waals surface area contributed by atoms with E-state index >= 15 is 0 Å². The normalized spacial score (nSPS) is 16.9. The zero-order valence-corrected chi connectivity index (χ0v) is 20.5. The number of para-hydroxylation sites is 1. The molecule has 10 heteroatoms. The molecule has 35 heavy (non-hydrogen) atoms. The largest absolute Gasteiger partial charge is 0.362 e. The molecule has 0 bridgehead atoms. The van der Waals surface area contributed by atoms with Crippen LogP contribution in [0.25, 0.3) is 0 Å². The zero-order chi connectivity index (χ0) is 25.0. The molecule has 9 nitrogen and oxygen atoms in total. The van der Waals surface area contributed by atoms with Gasteiger partial charge in [-0.05, 0) is 56.4 Å². The van der Waals surface area contributed by atoms with Gasteiger partial charge < -0.3 is 4.90 Å². The lowest BCUT2D eigenvalue weighted by Gasteiger charge is -2.31. The van der Waals surface area contributed by atoms with Gasteiger partial charge in [0.1, 0.15) is 0 Å². The van der Waals surface area contributed by atoms with Crippen molar-refractivity contribution in [1.82, 2.24) is 15.2 Å². The molecule has 0 radical (unpaired) electrons. The van der Waals surface area contributed by atoms with Gasteiger partial charge in [0.25, 0.3) is 5.91 Å². The van der Waals surface area contributed by atoms with E-state index in [-0.39, 0.29) is 42.1 Å². The van der Waals surface area contributed by atoms with Crippen LogP contribution in [-0.2, 0) is 26.0 Å². The van der Waals surface area contributed by atoms with Crippen molar-refractivity contribution in [3.05, 3.63) is 59.7 Å². The number of nitrogens with one attached hydrogen (secondary N) is 2. The molecule has 2 heterocycles. The molecule has 2 amide bonds. The van der Waals surface area contributed by atoms with Crippen molar-refractivity contribution >= 4 is 33.3 Å². The first-order valence-electron chi connectivity index (χ1n) is 11.8. The summed E-state index contributed by atoms with van der Waals surface area (Å²) in [6.07, 6.45) is 2.67. The predicted molar refractivity (Wildman–Crippen MR) is 131 cm³/mol. The van der Waals surface area contributed by atoms with Crippen molar-refractivity contribution in [2.75, 3.05) is 31.1 Å². The van der Waals surface area contributed by atoms with Crippen molar-refractivity contribution < 1.29 is 22.8 Å². The lowest BCUT2D eigenvalue weighted by atomic mass is 9.98. The molecule has 186 valence electrons. The van der Waals surface area contributed by atoms with E-state index in [9.17, 15) is 22.8 Å².